The molecule has 0 spiro atoms. The van der Waals surface area contributed by atoms with Gasteiger partial charge in [-0.3, -0.25) is 4.79 Å². The lowest BCUT2D eigenvalue weighted by Crippen LogP contribution is -2.34. The molecule has 0 saturated carbocycles. The second kappa shape index (κ2) is 10.1. The maximum absolute atomic E-state index is 11.8. The lowest BCUT2D eigenvalue weighted by atomic mass is 9.99. The lowest BCUT2D eigenvalue weighted by molar-refractivity contribution is -0.125. The zero-order valence-corrected chi connectivity index (χ0v) is 12.5. The van der Waals surface area contributed by atoms with E-state index in [4.69, 9.17) is 0 Å². The Labute approximate surface area is 109 Å². The normalized spacial score (nSPS) is 12.8. The Morgan fingerprint density at radius 1 is 1.19 bits per heavy atom. The van der Waals surface area contributed by atoms with Gasteiger partial charge in [0, 0.05) is 17.8 Å². The molecule has 1 atom stereocenters. The summed E-state index contributed by atoms with van der Waals surface area (Å²) in [6, 6.07) is 0. The summed E-state index contributed by atoms with van der Waals surface area (Å²) in [5.74, 6) is 1.06. The Hall–Kier alpha value is -0.0500. The molecule has 0 fully saturated rings. The summed E-state index contributed by atoms with van der Waals surface area (Å²) in [6.07, 6.45) is 5.43. The van der Waals surface area contributed by atoms with Gasteiger partial charge >= 0.3 is 0 Å². The van der Waals surface area contributed by atoms with Crippen LogP contribution in [0.25, 0.3) is 0 Å². The van der Waals surface area contributed by atoms with E-state index in [1.54, 1.807) is 0 Å². The number of amides is 1. The van der Waals surface area contributed by atoms with Crippen LogP contribution >= 0.6 is 15.9 Å². The van der Waals surface area contributed by atoms with Gasteiger partial charge in [-0.2, -0.15) is 0 Å². The molecule has 0 aliphatic rings. The van der Waals surface area contributed by atoms with E-state index >= 15 is 0 Å². The van der Waals surface area contributed by atoms with Crippen LogP contribution in [0.3, 0.4) is 0 Å². The molecule has 1 amide bonds. The molecule has 0 aromatic carbocycles. The second-order valence-electron chi connectivity index (χ2n) is 4.39. The van der Waals surface area contributed by atoms with Crippen molar-refractivity contribution in [3.05, 3.63) is 0 Å². The van der Waals surface area contributed by atoms with Crippen molar-refractivity contribution in [1.29, 1.82) is 0 Å². The van der Waals surface area contributed by atoms with E-state index in [1.165, 1.54) is 12.8 Å². The minimum absolute atomic E-state index is 0.200. The second-order valence-corrected chi connectivity index (χ2v) is 5.18. The molecule has 1 unspecified atom stereocenters. The molecule has 0 aliphatic carbocycles. The van der Waals surface area contributed by atoms with Gasteiger partial charge in [0.15, 0.2) is 0 Å². The molecule has 0 rings (SSSR count). The molecular formula is C13H26BrNO. The van der Waals surface area contributed by atoms with E-state index in [9.17, 15) is 4.79 Å². The fourth-order valence-corrected chi connectivity index (χ4v) is 2.61. The van der Waals surface area contributed by atoms with Crippen LogP contribution in [0.1, 0.15) is 52.9 Å². The topological polar surface area (TPSA) is 29.1 Å². The Bertz CT molecular complexity index is 175. The quantitative estimate of drug-likeness (QED) is 0.644. The van der Waals surface area contributed by atoms with Crippen LogP contribution in [0, 0.1) is 11.8 Å². The number of halogens is 1. The van der Waals surface area contributed by atoms with Gasteiger partial charge in [-0.15, -0.1) is 0 Å². The summed E-state index contributed by atoms with van der Waals surface area (Å²) in [5.41, 5.74) is 0. The van der Waals surface area contributed by atoms with E-state index in [0.717, 1.165) is 31.1 Å². The van der Waals surface area contributed by atoms with Gasteiger partial charge in [0.05, 0.1) is 0 Å². The Morgan fingerprint density at radius 2 is 1.81 bits per heavy atom. The first-order valence-corrected chi connectivity index (χ1v) is 7.65. The van der Waals surface area contributed by atoms with Crippen LogP contribution in [0.5, 0.6) is 0 Å². The molecule has 0 aromatic heterocycles. The SMILES string of the molecule is CCCC(CCBr)CNC(=O)C(CC)CC. The van der Waals surface area contributed by atoms with E-state index < -0.39 is 0 Å². The molecule has 0 aromatic rings. The van der Waals surface area contributed by atoms with E-state index in [1.807, 2.05) is 0 Å². The number of rotatable bonds is 9. The highest BCUT2D eigenvalue weighted by Crippen LogP contribution is 2.13. The van der Waals surface area contributed by atoms with Gasteiger partial charge in [0.1, 0.15) is 0 Å². The van der Waals surface area contributed by atoms with Crippen molar-refractivity contribution in [2.24, 2.45) is 11.8 Å². The minimum Gasteiger partial charge on any atom is -0.356 e. The lowest BCUT2D eigenvalue weighted by Gasteiger charge is -2.18. The summed E-state index contributed by atoms with van der Waals surface area (Å²) in [6.45, 7) is 7.20. The number of hydrogen-bond donors (Lipinski definition) is 1. The molecular weight excluding hydrogens is 266 g/mol. The van der Waals surface area contributed by atoms with Gasteiger partial charge in [0.25, 0.3) is 0 Å². The van der Waals surface area contributed by atoms with Crippen molar-refractivity contribution < 1.29 is 4.79 Å². The summed E-state index contributed by atoms with van der Waals surface area (Å²) < 4.78 is 0. The molecule has 0 aliphatic heterocycles. The Balaban J connectivity index is 3.93. The number of carbonyl (C=O) groups is 1. The fourth-order valence-electron chi connectivity index (χ4n) is 1.96. The molecule has 0 bridgehead atoms. The monoisotopic (exact) mass is 291 g/mol. The first-order valence-electron chi connectivity index (χ1n) is 6.53. The predicted octanol–water partition coefficient (Wildman–Crippen LogP) is 3.74. The molecule has 96 valence electrons. The number of nitrogens with one attached hydrogen (secondary N) is 1. The average molecular weight is 292 g/mol. The van der Waals surface area contributed by atoms with Crippen molar-refractivity contribution in [1.82, 2.24) is 5.32 Å². The zero-order valence-electron chi connectivity index (χ0n) is 10.9. The first-order chi connectivity index (χ1) is 7.69. The van der Waals surface area contributed by atoms with Crippen molar-refractivity contribution >= 4 is 21.8 Å². The van der Waals surface area contributed by atoms with E-state index in [-0.39, 0.29) is 11.8 Å². The highest BCUT2D eigenvalue weighted by Gasteiger charge is 2.15. The molecule has 1 N–H and O–H groups in total. The summed E-state index contributed by atoms with van der Waals surface area (Å²) >= 11 is 3.47. The minimum atomic E-state index is 0.200. The van der Waals surface area contributed by atoms with Crippen molar-refractivity contribution in [3.63, 3.8) is 0 Å². The third kappa shape index (κ3) is 6.51. The third-order valence-corrected chi connectivity index (χ3v) is 3.59. The van der Waals surface area contributed by atoms with E-state index in [0.29, 0.717) is 5.92 Å². The zero-order chi connectivity index (χ0) is 12.4. The Morgan fingerprint density at radius 3 is 2.25 bits per heavy atom. The van der Waals surface area contributed by atoms with Crippen LogP contribution in [-0.2, 0) is 4.79 Å². The van der Waals surface area contributed by atoms with Crippen LogP contribution < -0.4 is 5.32 Å². The molecule has 16 heavy (non-hydrogen) atoms. The van der Waals surface area contributed by atoms with Gasteiger partial charge in [-0.1, -0.05) is 43.1 Å². The van der Waals surface area contributed by atoms with E-state index in [2.05, 4.69) is 42.0 Å². The Kier molecular flexibility index (Phi) is 10.1. The summed E-state index contributed by atoms with van der Waals surface area (Å²) in [5, 5.41) is 4.12. The standard InChI is InChI=1S/C13H26BrNO/c1-4-7-11(8-9-14)10-15-13(16)12(5-2)6-3/h11-12H,4-10H2,1-3H3,(H,15,16). The average Bonchev–Trinajstić information content (AvgIpc) is 2.28. The summed E-state index contributed by atoms with van der Waals surface area (Å²) in [7, 11) is 0. The maximum Gasteiger partial charge on any atom is 0.223 e. The number of carbonyl (C=O) groups excluding carboxylic acids is 1. The van der Waals surface area contributed by atoms with Crippen LogP contribution in [0.4, 0.5) is 0 Å². The largest absolute Gasteiger partial charge is 0.356 e. The number of alkyl halides is 1. The highest BCUT2D eigenvalue weighted by molar-refractivity contribution is 9.09. The molecule has 3 heteroatoms. The third-order valence-electron chi connectivity index (χ3n) is 3.14. The number of hydrogen-bond acceptors (Lipinski definition) is 1. The van der Waals surface area contributed by atoms with Crippen molar-refractivity contribution in [3.8, 4) is 0 Å². The highest BCUT2D eigenvalue weighted by atomic mass is 79.9. The fraction of sp³-hybridized carbons (Fsp3) is 0.923. The molecule has 0 heterocycles. The van der Waals surface area contributed by atoms with Gasteiger partial charge in [-0.25, -0.2) is 0 Å². The van der Waals surface area contributed by atoms with Crippen LogP contribution in [-0.4, -0.2) is 17.8 Å². The summed E-state index contributed by atoms with van der Waals surface area (Å²) in [4.78, 5) is 11.8. The predicted molar refractivity (Wildman–Crippen MR) is 73.9 cm³/mol. The van der Waals surface area contributed by atoms with Gasteiger partial charge in [0.2, 0.25) is 5.91 Å². The van der Waals surface area contributed by atoms with Crippen LogP contribution in [0.15, 0.2) is 0 Å². The maximum atomic E-state index is 11.8. The van der Waals surface area contributed by atoms with Gasteiger partial charge in [-0.05, 0) is 31.6 Å². The molecule has 0 radical (unpaired) electrons. The first kappa shape index (κ1) is 16.0. The van der Waals surface area contributed by atoms with Crippen molar-refractivity contribution in [2.75, 3.05) is 11.9 Å². The van der Waals surface area contributed by atoms with Crippen LogP contribution in [0.2, 0.25) is 0 Å². The van der Waals surface area contributed by atoms with Crippen molar-refractivity contribution in [2.45, 2.75) is 52.9 Å². The smallest absolute Gasteiger partial charge is 0.223 e. The molecule has 0 saturated heterocycles. The van der Waals surface area contributed by atoms with Gasteiger partial charge < -0.3 is 5.32 Å². The molecule has 2 nitrogen and oxygen atoms in total.